The molecule has 1 saturated heterocycles. The maximum atomic E-state index is 14.6. The molecule has 0 saturated carbocycles. The molecule has 0 radical (unpaired) electrons. The minimum atomic E-state index is -4.89. The van der Waals surface area contributed by atoms with Crippen LogP contribution in [-0.4, -0.2) is 40.3 Å². The van der Waals surface area contributed by atoms with E-state index in [-0.39, 0.29) is 17.6 Å². The first-order chi connectivity index (χ1) is 15.7. The van der Waals surface area contributed by atoms with Gasteiger partial charge < -0.3 is 14.8 Å². The minimum absolute atomic E-state index is 0.0435. The number of nitrogens with one attached hydrogen (secondary N) is 1. The second-order valence-electron chi connectivity index (χ2n) is 7.17. The molecule has 0 aliphatic carbocycles. The van der Waals surface area contributed by atoms with Gasteiger partial charge in [0.1, 0.15) is 18.2 Å². The first-order valence-corrected chi connectivity index (χ1v) is 9.76. The van der Waals surface area contributed by atoms with E-state index in [0.717, 1.165) is 18.2 Å². The molecule has 1 fully saturated rings. The van der Waals surface area contributed by atoms with E-state index in [1.165, 1.54) is 17.1 Å². The van der Waals surface area contributed by atoms with E-state index in [0.29, 0.717) is 31.6 Å². The Morgan fingerprint density at radius 1 is 1.21 bits per heavy atom. The zero-order valence-electron chi connectivity index (χ0n) is 16.9. The molecule has 1 unspecified atom stereocenters. The highest BCUT2D eigenvalue weighted by molar-refractivity contribution is 5.92. The number of hydrogen-bond donors (Lipinski definition) is 1. The summed E-state index contributed by atoms with van der Waals surface area (Å²) >= 11 is 0. The fraction of sp³-hybridized carbons (Fsp3) is 0.286. The number of hydrogen-bond acceptors (Lipinski definition) is 5. The summed E-state index contributed by atoms with van der Waals surface area (Å²) in [5.74, 6) is -3.24. The number of pyridine rings is 1. The van der Waals surface area contributed by atoms with E-state index in [4.69, 9.17) is 9.47 Å². The van der Waals surface area contributed by atoms with Crippen LogP contribution in [0.3, 0.4) is 0 Å². The maximum Gasteiger partial charge on any atom is 0.419 e. The fourth-order valence-electron chi connectivity index (χ4n) is 3.28. The summed E-state index contributed by atoms with van der Waals surface area (Å²) < 4.78 is 79.4. The van der Waals surface area contributed by atoms with Crippen LogP contribution in [0.1, 0.15) is 22.9 Å². The van der Waals surface area contributed by atoms with Crippen molar-refractivity contribution in [3.05, 3.63) is 71.4 Å². The van der Waals surface area contributed by atoms with Gasteiger partial charge in [-0.15, -0.1) is 0 Å². The van der Waals surface area contributed by atoms with E-state index in [1.54, 1.807) is 6.20 Å². The summed E-state index contributed by atoms with van der Waals surface area (Å²) in [7, 11) is 0. The van der Waals surface area contributed by atoms with Crippen molar-refractivity contribution in [3.8, 4) is 5.82 Å². The number of rotatable bonds is 5. The van der Waals surface area contributed by atoms with Crippen LogP contribution < -0.4 is 5.32 Å². The number of aromatic nitrogens is 3. The second-order valence-corrected chi connectivity index (χ2v) is 7.17. The lowest BCUT2D eigenvalue weighted by Crippen LogP contribution is -2.22. The molecule has 0 bridgehead atoms. The smallest absolute Gasteiger partial charge is 0.376 e. The third-order valence-corrected chi connectivity index (χ3v) is 4.83. The largest absolute Gasteiger partial charge is 0.419 e. The second kappa shape index (κ2) is 9.24. The van der Waals surface area contributed by atoms with Crippen molar-refractivity contribution in [2.24, 2.45) is 0 Å². The molecular formula is C21H17F5N4O3. The Labute approximate surface area is 184 Å². The van der Waals surface area contributed by atoms with Crippen LogP contribution in [0.25, 0.3) is 5.82 Å². The van der Waals surface area contributed by atoms with Crippen molar-refractivity contribution in [1.82, 2.24) is 14.5 Å². The fourth-order valence-corrected chi connectivity index (χ4v) is 3.28. The van der Waals surface area contributed by atoms with Crippen LogP contribution in [-0.2, 0) is 26.9 Å². The van der Waals surface area contributed by atoms with Crippen molar-refractivity contribution in [3.63, 3.8) is 0 Å². The van der Waals surface area contributed by atoms with Gasteiger partial charge in [-0.25, -0.2) is 18.7 Å². The Kier molecular flexibility index (Phi) is 6.38. The molecule has 3 heterocycles. The Balaban J connectivity index is 1.45. The van der Waals surface area contributed by atoms with Crippen LogP contribution in [0.15, 0.2) is 43.0 Å². The molecule has 1 aliphatic heterocycles. The standard InChI is InChI=1S/C21H17F5N4O3/c22-15-7-13(29-18(31)6-12-2-1-3-14(19(12)23)21(24,25)26)8-27-20(15)30-9-16(28-11-30)17-10-32-4-5-33-17/h1-3,7-9,11,17H,4-6,10H2,(H,29,31). The summed E-state index contributed by atoms with van der Waals surface area (Å²) in [5.41, 5.74) is -1.41. The summed E-state index contributed by atoms with van der Waals surface area (Å²) in [6.45, 7) is 1.23. The molecule has 1 aromatic carbocycles. The van der Waals surface area contributed by atoms with Crippen LogP contribution in [0.2, 0.25) is 0 Å². The Morgan fingerprint density at radius 3 is 2.73 bits per heavy atom. The van der Waals surface area contributed by atoms with E-state index in [1.807, 2.05) is 0 Å². The van der Waals surface area contributed by atoms with Crippen molar-refractivity contribution < 1.29 is 36.2 Å². The molecular weight excluding hydrogens is 451 g/mol. The highest BCUT2D eigenvalue weighted by Crippen LogP contribution is 2.32. The van der Waals surface area contributed by atoms with Crippen LogP contribution in [0.4, 0.5) is 27.6 Å². The van der Waals surface area contributed by atoms with Crippen LogP contribution >= 0.6 is 0 Å². The van der Waals surface area contributed by atoms with Gasteiger partial charge in [0.15, 0.2) is 11.6 Å². The molecule has 33 heavy (non-hydrogen) atoms. The Hall–Kier alpha value is -3.38. The van der Waals surface area contributed by atoms with Crippen LogP contribution in [0, 0.1) is 11.6 Å². The number of amides is 1. The molecule has 3 aromatic rings. The number of anilines is 1. The zero-order chi connectivity index (χ0) is 23.6. The number of nitrogens with zero attached hydrogens (tertiary/aromatic N) is 3. The van der Waals surface area contributed by atoms with Gasteiger partial charge in [0.2, 0.25) is 5.91 Å². The predicted octanol–water partition coefficient (Wildman–Crippen LogP) is 3.83. The molecule has 0 spiro atoms. The van der Waals surface area contributed by atoms with Crippen molar-refractivity contribution in [1.29, 1.82) is 0 Å². The van der Waals surface area contributed by atoms with Crippen molar-refractivity contribution >= 4 is 11.6 Å². The van der Waals surface area contributed by atoms with Crippen molar-refractivity contribution in [2.75, 3.05) is 25.1 Å². The first kappa shape index (κ1) is 22.8. The number of imidazole rings is 1. The molecule has 1 N–H and O–H groups in total. The van der Waals surface area contributed by atoms with E-state index in [2.05, 4.69) is 15.3 Å². The lowest BCUT2D eigenvalue weighted by molar-refractivity contribution is -0.140. The molecule has 7 nitrogen and oxygen atoms in total. The molecule has 1 aliphatic rings. The number of ether oxygens (including phenoxy) is 2. The van der Waals surface area contributed by atoms with Gasteiger partial charge in [0.05, 0.1) is 49.4 Å². The molecule has 2 aromatic heterocycles. The highest BCUT2D eigenvalue weighted by atomic mass is 19.4. The maximum absolute atomic E-state index is 14.6. The highest BCUT2D eigenvalue weighted by Gasteiger charge is 2.35. The SMILES string of the molecule is O=C(Cc1cccc(C(F)(F)F)c1F)Nc1cnc(-n2cnc(C3COCCO3)c2)c(F)c1. The number of halogens is 5. The molecule has 4 rings (SSSR count). The molecule has 1 atom stereocenters. The van der Waals surface area contributed by atoms with Gasteiger partial charge in [0.25, 0.3) is 0 Å². The number of carbonyl (C=O) groups is 1. The third-order valence-electron chi connectivity index (χ3n) is 4.83. The monoisotopic (exact) mass is 468 g/mol. The quantitative estimate of drug-likeness (QED) is 0.576. The average molecular weight is 468 g/mol. The normalized spacial score (nSPS) is 16.6. The van der Waals surface area contributed by atoms with Gasteiger partial charge >= 0.3 is 6.18 Å². The van der Waals surface area contributed by atoms with Gasteiger partial charge in [-0.3, -0.25) is 9.36 Å². The molecule has 1 amide bonds. The lowest BCUT2D eigenvalue weighted by atomic mass is 10.1. The predicted molar refractivity (Wildman–Crippen MR) is 105 cm³/mol. The lowest BCUT2D eigenvalue weighted by Gasteiger charge is -2.21. The zero-order valence-corrected chi connectivity index (χ0v) is 16.9. The summed E-state index contributed by atoms with van der Waals surface area (Å²) in [4.78, 5) is 20.3. The Morgan fingerprint density at radius 2 is 2.03 bits per heavy atom. The topological polar surface area (TPSA) is 78.3 Å². The van der Waals surface area contributed by atoms with E-state index in [9.17, 15) is 26.7 Å². The van der Waals surface area contributed by atoms with E-state index >= 15 is 0 Å². The third kappa shape index (κ3) is 5.17. The van der Waals surface area contributed by atoms with Gasteiger partial charge in [-0.2, -0.15) is 13.2 Å². The number of benzene rings is 1. The van der Waals surface area contributed by atoms with Gasteiger partial charge in [0, 0.05) is 12.3 Å². The van der Waals surface area contributed by atoms with Gasteiger partial charge in [-0.05, 0) is 11.6 Å². The van der Waals surface area contributed by atoms with Crippen molar-refractivity contribution in [2.45, 2.75) is 18.7 Å². The molecule has 12 heteroatoms. The van der Waals surface area contributed by atoms with Gasteiger partial charge in [-0.1, -0.05) is 12.1 Å². The number of carbonyl (C=O) groups excluding carboxylic acids is 1. The summed E-state index contributed by atoms with van der Waals surface area (Å²) in [5, 5.41) is 2.30. The summed E-state index contributed by atoms with van der Waals surface area (Å²) in [6.07, 6.45) is -1.88. The summed E-state index contributed by atoms with van der Waals surface area (Å²) in [6, 6.07) is 3.66. The minimum Gasteiger partial charge on any atom is -0.376 e. The van der Waals surface area contributed by atoms with Crippen LogP contribution in [0.5, 0.6) is 0 Å². The molecule has 174 valence electrons. The average Bonchev–Trinajstić information content (AvgIpc) is 3.25. The Bertz CT molecular complexity index is 1160. The number of alkyl halides is 3. The first-order valence-electron chi connectivity index (χ1n) is 9.76. The van der Waals surface area contributed by atoms with E-state index < -0.39 is 41.3 Å².